The molecule has 4 heteroatoms. The van der Waals surface area contributed by atoms with Crippen LogP contribution in [0.4, 0.5) is 5.69 Å². The van der Waals surface area contributed by atoms with E-state index in [2.05, 4.69) is 34.9 Å². The van der Waals surface area contributed by atoms with Gasteiger partial charge < -0.3 is 15.4 Å². The van der Waals surface area contributed by atoms with E-state index in [1.807, 2.05) is 78.9 Å². The van der Waals surface area contributed by atoms with Crippen LogP contribution in [0.3, 0.4) is 0 Å². The fraction of sp³-hybridized carbons (Fsp3) is 0.107. The number of nitrogens with one attached hydrogen (secondary N) is 2. The maximum Gasteiger partial charge on any atom is 0.255 e. The lowest BCUT2D eigenvalue weighted by Gasteiger charge is -2.09. The molecule has 2 N–H and O–H groups in total. The van der Waals surface area contributed by atoms with Gasteiger partial charge in [-0.2, -0.15) is 0 Å². The Labute approximate surface area is 188 Å². The molecule has 0 atom stereocenters. The third-order valence-electron chi connectivity index (χ3n) is 5.28. The molecule has 0 spiro atoms. The molecule has 4 nitrogen and oxygen atoms in total. The first kappa shape index (κ1) is 21.3. The first-order valence-corrected chi connectivity index (χ1v) is 10.6. The average molecular weight is 423 g/mol. The van der Waals surface area contributed by atoms with Gasteiger partial charge in [-0.25, -0.2) is 0 Å². The molecule has 4 aromatic carbocycles. The second kappa shape index (κ2) is 10.4. The average Bonchev–Trinajstić information content (AvgIpc) is 2.86. The van der Waals surface area contributed by atoms with Crippen LogP contribution in [0, 0.1) is 0 Å². The molecule has 0 aliphatic carbocycles. The van der Waals surface area contributed by atoms with Gasteiger partial charge >= 0.3 is 0 Å². The minimum absolute atomic E-state index is 0.116. The number of anilines is 1. The maximum absolute atomic E-state index is 12.6. The number of carbonyl (C=O) groups is 1. The predicted molar refractivity (Wildman–Crippen MR) is 130 cm³/mol. The van der Waals surface area contributed by atoms with E-state index in [9.17, 15) is 4.79 Å². The highest BCUT2D eigenvalue weighted by Gasteiger charge is 2.07. The number of ether oxygens (including phenoxy) is 1. The van der Waals surface area contributed by atoms with Crippen LogP contribution < -0.4 is 15.4 Å². The molecule has 0 aliphatic rings. The normalized spacial score (nSPS) is 10.5. The largest absolute Gasteiger partial charge is 0.497 e. The zero-order valence-electron chi connectivity index (χ0n) is 18.0. The zero-order chi connectivity index (χ0) is 22.2. The van der Waals surface area contributed by atoms with Crippen LogP contribution >= 0.6 is 0 Å². The summed E-state index contributed by atoms with van der Waals surface area (Å²) in [4.78, 5) is 12.6. The van der Waals surface area contributed by atoms with E-state index in [1.165, 1.54) is 5.56 Å². The van der Waals surface area contributed by atoms with Crippen LogP contribution in [-0.4, -0.2) is 13.0 Å². The zero-order valence-corrected chi connectivity index (χ0v) is 18.0. The van der Waals surface area contributed by atoms with Crippen LogP contribution in [0.2, 0.25) is 0 Å². The van der Waals surface area contributed by atoms with Crippen LogP contribution in [0.15, 0.2) is 103 Å². The summed E-state index contributed by atoms with van der Waals surface area (Å²) in [6.07, 6.45) is 0. The van der Waals surface area contributed by atoms with E-state index in [0.29, 0.717) is 5.56 Å². The van der Waals surface area contributed by atoms with Crippen LogP contribution in [-0.2, 0) is 13.1 Å². The second-order valence-corrected chi connectivity index (χ2v) is 7.55. The van der Waals surface area contributed by atoms with Crippen molar-refractivity contribution < 1.29 is 9.53 Å². The summed E-state index contributed by atoms with van der Waals surface area (Å²) in [6.45, 7) is 1.53. The lowest BCUT2D eigenvalue weighted by molar-refractivity contribution is 0.102. The summed E-state index contributed by atoms with van der Waals surface area (Å²) >= 11 is 0. The molecule has 4 aromatic rings. The lowest BCUT2D eigenvalue weighted by atomic mass is 10.0. The second-order valence-electron chi connectivity index (χ2n) is 7.55. The molecule has 1 amide bonds. The maximum atomic E-state index is 12.6. The Morgan fingerprint density at radius 1 is 0.688 bits per heavy atom. The minimum Gasteiger partial charge on any atom is -0.497 e. The number of hydrogen-bond acceptors (Lipinski definition) is 3. The summed E-state index contributed by atoms with van der Waals surface area (Å²) in [5.41, 5.74) is 6.00. The molecule has 0 heterocycles. The third-order valence-corrected chi connectivity index (χ3v) is 5.28. The predicted octanol–water partition coefficient (Wildman–Crippen LogP) is 5.90. The third kappa shape index (κ3) is 5.62. The van der Waals surface area contributed by atoms with Crippen LogP contribution in [0.5, 0.6) is 5.75 Å². The first-order valence-electron chi connectivity index (χ1n) is 10.6. The van der Waals surface area contributed by atoms with Crippen LogP contribution in [0.1, 0.15) is 21.5 Å². The van der Waals surface area contributed by atoms with Gasteiger partial charge in [-0.3, -0.25) is 4.79 Å². The Kier molecular flexibility index (Phi) is 6.95. The minimum atomic E-state index is -0.116. The topological polar surface area (TPSA) is 50.4 Å². The quantitative estimate of drug-likeness (QED) is 0.371. The SMILES string of the molecule is COc1ccc(CNCc2ccc(NC(=O)c3ccc(-c4ccccc4)cc3)cc2)cc1. The van der Waals surface area contributed by atoms with Crippen molar-refractivity contribution in [1.29, 1.82) is 0 Å². The van der Waals surface area contributed by atoms with Crippen molar-refractivity contribution in [2.45, 2.75) is 13.1 Å². The van der Waals surface area contributed by atoms with Crippen molar-refractivity contribution in [3.63, 3.8) is 0 Å². The van der Waals surface area contributed by atoms with E-state index in [1.54, 1.807) is 7.11 Å². The van der Waals surface area contributed by atoms with E-state index in [4.69, 9.17) is 4.74 Å². The van der Waals surface area contributed by atoms with Crippen molar-refractivity contribution >= 4 is 11.6 Å². The molecule has 0 radical (unpaired) electrons. The number of rotatable bonds is 8. The van der Waals surface area contributed by atoms with E-state index in [0.717, 1.165) is 41.2 Å². The molecule has 160 valence electrons. The number of hydrogen-bond donors (Lipinski definition) is 2. The van der Waals surface area contributed by atoms with Crippen molar-refractivity contribution in [2.24, 2.45) is 0 Å². The highest BCUT2D eigenvalue weighted by Crippen LogP contribution is 2.20. The highest BCUT2D eigenvalue weighted by atomic mass is 16.5. The number of amides is 1. The van der Waals surface area contributed by atoms with Gasteiger partial charge in [-0.15, -0.1) is 0 Å². The van der Waals surface area contributed by atoms with Gasteiger partial charge in [0.25, 0.3) is 5.91 Å². The van der Waals surface area contributed by atoms with E-state index in [-0.39, 0.29) is 5.91 Å². The van der Waals surface area contributed by atoms with Gasteiger partial charge in [0.05, 0.1) is 7.11 Å². The van der Waals surface area contributed by atoms with E-state index >= 15 is 0 Å². The van der Waals surface area contributed by atoms with Crippen molar-refractivity contribution in [2.75, 3.05) is 12.4 Å². The molecule has 0 saturated heterocycles. The molecule has 0 aliphatic heterocycles. The number of carbonyl (C=O) groups excluding carboxylic acids is 1. The Bertz CT molecular complexity index is 1140. The molecule has 0 unspecified atom stereocenters. The number of benzene rings is 4. The van der Waals surface area contributed by atoms with Crippen molar-refractivity contribution in [3.8, 4) is 16.9 Å². The molecular weight excluding hydrogens is 396 g/mol. The molecule has 0 aromatic heterocycles. The van der Waals surface area contributed by atoms with Crippen LogP contribution in [0.25, 0.3) is 11.1 Å². The summed E-state index contributed by atoms with van der Waals surface area (Å²) < 4.78 is 5.18. The summed E-state index contributed by atoms with van der Waals surface area (Å²) in [6, 6.07) is 33.7. The van der Waals surface area contributed by atoms with Gasteiger partial charge in [0, 0.05) is 24.3 Å². The van der Waals surface area contributed by atoms with Gasteiger partial charge in [0.2, 0.25) is 0 Å². The molecule has 4 rings (SSSR count). The standard InChI is InChI=1S/C28H26N2O2/c1-32-27-17-9-22(10-18-27)20-29-19-21-7-15-26(16-8-21)30-28(31)25-13-11-24(12-14-25)23-5-3-2-4-6-23/h2-18,29H,19-20H2,1H3,(H,30,31). The smallest absolute Gasteiger partial charge is 0.255 e. The van der Waals surface area contributed by atoms with Gasteiger partial charge in [-0.05, 0) is 58.7 Å². The molecule has 0 bridgehead atoms. The lowest BCUT2D eigenvalue weighted by Crippen LogP contribution is -2.13. The van der Waals surface area contributed by atoms with Gasteiger partial charge in [-0.1, -0.05) is 66.7 Å². The first-order chi connectivity index (χ1) is 15.7. The number of methoxy groups -OCH3 is 1. The summed E-state index contributed by atoms with van der Waals surface area (Å²) in [5, 5.41) is 6.40. The molecule has 32 heavy (non-hydrogen) atoms. The van der Waals surface area contributed by atoms with E-state index < -0.39 is 0 Å². The Balaban J connectivity index is 1.28. The summed E-state index contributed by atoms with van der Waals surface area (Å²) in [7, 11) is 1.67. The molecule has 0 fully saturated rings. The Hall–Kier alpha value is -3.89. The van der Waals surface area contributed by atoms with Crippen molar-refractivity contribution in [1.82, 2.24) is 5.32 Å². The van der Waals surface area contributed by atoms with Crippen molar-refractivity contribution in [3.05, 3.63) is 120 Å². The molecule has 0 saturated carbocycles. The monoisotopic (exact) mass is 422 g/mol. The Morgan fingerprint density at radius 3 is 1.84 bits per heavy atom. The highest BCUT2D eigenvalue weighted by molar-refractivity contribution is 6.04. The summed E-state index contributed by atoms with van der Waals surface area (Å²) in [5.74, 6) is 0.744. The fourth-order valence-electron chi connectivity index (χ4n) is 3.45. The Morgan fingerprint density at radius 2 is 1.25 bits per heavy atom. The van der Waals surface area contributed by atoms with Gasteiger partial charge in [0.1, 0.15) is 5.75 Å². The molecular formula is C28H26N2O2. The van der Waals surface area contributed by atoms with Gasteiger partial charge in [0.15, 0.2) is 0 Å². The fourth-order valence-corrected chi connectivity index (χ4v) is 3.45.